The van der Waals surface area contributed by atoms with E-state index >= 15 is 0 Å². The Morgan fingerprint density at radius 3 is 2.50 bits per heavy atom. The summed E-state index contributed by atoms with van der Waals surface area (Å²) < 4.78 is 16.3. The number of rotatable bonds is 9. The zero-order valence-electron chi connectivity index (χ0n) is 15.4. The topological polar surface area (TPSA) is 56.8 Å². The monoisotopic (exact) mass is 355 g/mol. The van der Waals surface area contributed by atoms with Gasteiger partial charge in [-0.25, -0.2) is 0 Å². The summed E-state index contributed by atoms with van der Waals surface area (Å²) in [6, 6.07) is 14.9. The van der Waals surface area contributed by atoms with Crippen LogP contribution in [0.2, 0.25) is 0 Å². The minimum atomic E-state index is -0.168. The summed E-state index contributed by atoms with van der Waals surface area (Å²) >= 11 is 0. The molecule has 0 atom stereocenters. The van der Waals surface area contributed by atoms with Crippen molar-refractivity contribution in [3.63, 3.8) is 0 Å². The Morgan fingerprint density at radius 2 is 1.81 bits per heavy atom. The highest BCUT2D eigenvalue weighted by Gasteiger charge is 2.00. The maximum Gasteiger partial charge on any atom is 0.244 e. The van der Waals surface area contributed by atoms with E-state index in [9.17, 15) is 4.79 Å². The highest BCUT2D eigenvalue weighted by Crippen LogP contribution is 2.17. The second-order valence-corrected chi connectivity index (χ2v) is 5.89. The van der Waals surface area contributed by atoms with Gasteiger partial charge in [0.25, 0.3) is 0 Å². The lowest BCUT2D eigenvalue weighted by atomic mass is 10.2. The normalized spacial score (nSPS) is 10.8. The number of ether oxygens (including phenoxy) is 3. The fourth-order valence-corrected chi connectivity index (χ4v) is 2.21. The summed E-state index contributed by atoms with van der Waals surface area (Å²) in [5.74, 6) is 2.13. The minimum Gasteiger partial charge on any atom is -0.497 e. The van der Waals surface area contributed by atoms with Crippen LogP contribution in [0.25, 0.3) is 6.08 Å². The smallest absolute Gasteiger partial charge is 0.244 e. The van der Waals surface area contributed by atoms with E-state index in [1.807, 2.05) is 62.4 Å². The number of hydrogen-bond acceptors (Lipinski definition) is 4. The van der Waals surface area contributed by atoms with Gasteiger partial charge in [0.15, 0.2) is 0 Å². The van der Waals surface area contributed by atoms with Crippen molar-refractivity contribution in [3.8, 4) is 17.2 Å². The number of nitrogens with one attached hydrogen (secondary N) is 1. The van der Waals surface area contributed by atoms with E-state index in [1.54, 1.807) is 13.2 Å². The van der Waals surface area contributed by atoms with Gasteiger partial charge in [0.1, 0.15) is 23.9 Å². The molecule has 0 aliphatic heterocycles. The predicted octanol–water partition coefficient (Wildman–Crippen LogP) is 3.69. The van der Waals surface area contributed by atoms with Crippen molar-refractivity contribution in [1.82, 2.24) is 5.32 Å². The summed E-state index contributed by atoms with van der Waals surface area (Å²) in [4.78, 5) is 11.9. The summed E-state index contributed by atoms with van der Waals surface area (Å²) in [5, 5.41) is 2.79. The first kappa shape index (κ1) is 19.4. The van der Waals surface area contributed by atoms with Gasteiger partial charge in [-0.2, -0.15) is 0 Å². The largest absolute Gasteiger partial charge is 0.497 e. The molecular weight excluding hydrogens is 330 g/mol. The fourth-order valence-electron chi connectivity index (χ4n) is 2.21. The van der Waals surface area contributed by atoms with Crippen LogP contribution in [0, 0.1) is 0 Å². The van der Waals surface area contributed by atoms with Gasteiger partial charge in [-0.3, -0.25) is 4.79 Å². The van der Waals surface area contributed by atoms with Crippen LogP contribution in [0.1, 0.15) is 19.4 Å². The summed E-state index contributed by atoms with van der Waals surface area (Å²) in [6.45, 7) is 4.77. The quantitative estimate of drug-likeness (QED) is 0.550. The molecule has 0 radical (unpaired) electrons. The van der Waals surface area contributed by atoms with Crippen LogP contribution < -0.4 is 19.5 Å². The van der Waals surface area contributed by atoms with E-state index in [4.69, 9.17) is 14.2 Å². The van der Waals surface area contributed by atoms with Crippen molar-refractivity contribution >= 4 is 12.0 Å². The Hall–Kier alpha value is -2.95. The van der Waals surface area contributed by atoms with Gasteiger partial charge in [0, 0.05) is 6.08 Å². The Morgan fingerprint density at radius 1 is 1.08 bits per heavy atom. The van der Waals surface area contributed by atoms with E-state index < -0.39 is 0 Å². The lowest BCUT2D eigenvalue weighted by molar-refractivity contribution is -0.116. The molecule has 5 heteroatoms. The van der Waals surface area contributed by atoms with Gasteiger partial charge in [-0.1, -0.05) is 12.1 Å². The molecule has 0 saturated carbocycles. The number of carbonyl (C=O) groups is 1. The molecule has 138 valence electrons. The highest BCUT2D eigenvalue weighted by molar-refractivity contribution is 5.91. The average Bonchev–Trinajstić information content (AvgIpc) is 2.64. The van der Waals surface area contributed by atoms with Crippen LogP contribution in [0.15, 0.2) is 54.6 Å². The molecule has 2 aromatic carbocycles. The number of hydrogen-bond donors (Lipinski definition) is 1. The molecule has 1 N–H and O–H groups in total. The van der Waals surface area contributed by atoms with E-state index in [2.05, 4.69) is 5.32 Å². The maximum absolute atomic E-state index is 11.9. The summed E-state index contributed by atoms with van der Waals surface area (Å²) in [6.07, 6.45) is 3.37. The molecule has 2 aromatic rings. The van der Waals surface area contributed by atoms with E-state index in [-0.39, 0.29) is 12.0 Å². The lowest BCUT2D eigenvalue weighted by Crippen LogP contribution is -2.26. The molecule has 0 heterocycles. The van der Waals surface area contributed by atoms with Gasteiger partial charge in [-0.05, 0) is 61.9 Å². The third-order valence-corrected chi connectivity index (χ3v) is 3.39. The molecule has 1 amide bonds. The van der Waals surface area contributed by atoms with Crippen LogP contribution in [-0.2, 0) is 4.79 Å². The number of benzene rings is 2. The highest BCUT2D eigenvalue weighted by atomic mass is 16.5. The van der Waals surface area contributed by atoms with Crippen LogP contribution in [0.4, 0.5) is 0 Å². The van der Waals surface area contributed by atoms with Crippen molar-refractivity contribution in [2.75, 3.05) is 20.3 Å². The Kier molecular flexibility index (Phi) is 7.55. The van der Waals surface area contributed by atoms with Crippen molar-refractivity contribution < 1.29 is 19.0 Å². The average molecular weight is 355 g/mol. The standard InChI is InChI=1S/C21H25NO4/c1-16(2)26-20-6-4-5-17(15-20)7-12-21(23)22-13-14-25-19-10-8-18(24-3)9-11-19/h4-12,15-16H,13-14H2,1-3H3,(H,22,23)/b12-7+. The maximum atomic E-state index is 11.9. The molecule has 2 rings (SSSR count). The molecule has 0 bridgehead atoms. The van der Waals surface area contributed by atoms with E-state index in [1.165, 1.54) is 6.08 Å². The first-order valence-electron chi connectivity index (χ1n) is 8.56. The van der Waals surface area contributed by atoms with E-state index in [0.717, 1.165) is 22.8 Å². The third-order valence-electron chi connectivity index (χ3n) is 3.39. The SMILES string of the molecule is COc1ccc(OCCNC(=O)/C=C/c2cccc(OC(C)C)c2)cc1. The van der Waals surface area contributed by atoms with Crippen molar-refractivity contribution in [2.45, 2.75) is 20.0 Å². The molecule has 5 nitrogen and oxygen atoms in total. The zero-order valence-corrected chi connectivity index (χ0v) is 15.4. The van der Waals surface area contributed by atoms with Crippen molar-refractivity contribution in [3.05, 3.63) is 60.2 Å². The zero-order chi connectivity index (χ0) is 18.8. The van der Waals surface area contributed by atoms with Gasteiger partial charge >= 0.3 is 0 Å². The molecule has 0 fully saturated rings. The van der Waals surface area contributed by atoms with Gasteiger partial charge in [0.2, 0.25) is 5.91 Å². The van der Waals surface area contributed by atoms with Gasteiger partial charge in [0.05, 0.1) is 19.8 Å². The van der Waals surface area contributed by atoms with Crippen LogP contribution in [0.3, 0.4) is 0 Å². The lowest BCUT2D eigenvalue weighted by Gasteiger charge is -2.09. The molecule has 0 aromatic heterocycles. The Labute approximate surface area is 154 Å². The number of methoxy groups -OCH3 is 1. The Bertz CT molecular complexity index is 723. The third kappa shape index (κ3) is 6.89. The molecule has 0 aliphatic carbocycles. The summed E-state index contributed by atoms with van der Waals surface area (Å²) in [5.41, 5.74) is 0.910. The fraction of sp³-hybridized carbons (Fsp3) is 0.286. The first-order chi connectivity index (χ1) is 12.6. The van der Waals surface area contributed by atoms with Crippen molar-refractivity contribution in [2.24, 2.45) is 0 Å². The van der Waals surface area contributed by atoms with E-state index in [0.29, 0.717) is 13.2 Å². The Balaban J connectivity index is 1.73. The summed E-state index contributed by atoms with van der Waals surface area (Å²) in [7, 11) is 1.62. The predicted molar refractivity (Wildman–Crippen MR) is 103 cm³/mol. The molecule has 0 spiro atoms. The first-order valence-corrected chi connectivity index (χ1v) is 8.56. The molecule has 0 unspecified atom stereocenters. The molecule has 0 aliphatic rings. The number of carbonyl (C=O) groups excluding carboxylic acids is 1. The minimum absolute atomic E-state index is 0.114. The molecule has 0 saturated heterocycles. The molecular formula is C21H25NO4. The molecule has 26 heavy (non-hydrogen) atoms. The van der Waals surface area contributed by atoms with Gasteiger partial charge < -0.3 is 19.5 Å². The second kappa shape index (κ2) is 10.1. The van der Waals surface area contributed by atoms with Gasteiger partial charge in [-0.15, -0.1) is 0 Å². The second-order valence-electron chi connectivity index (χ2n) is 5.89. The van der Waals surface area contributed by atoms with Crippen LogP contribution in [-0.4, -0.2) is 32.3 Å². The van der Waals surface area contributed by atoms with Crippen LogP contribution in [0.5, 0.6) is 17.2 Å². The van der Waals surface area contributed by atoms with Crippen LogP contribution >= 0.6 is 0 Å². The number of amides is 1. The van der Waals surface area contributed by atoms with Crippen molar-refractivity contribution in [1.29, 1.82) is 0 Å².